The SMILES string of the molecule is COc1ccc(/C=C/C(=O)Nc2ccc3nc4n(c(=O)c3c2)CCCC4)cc1OC. The first kappa shape index (κ1) is 19.7. The first-order valence-electron chi connectivity index (χ1n) is 9.83. The molecule has 0 spiro atoms. The Morgan fingerprint density at radius 2 is 1.93 bits per heavy atom. The van der Waals surface area contributed by atoms with E-state index in [1.807, 2.05) is 6.07 Å². The van der Waals surface area contributed by atoms with E-state index in [-0.39, 0.29) is 11.5 Å². The van der Waals surface area contributed by atoms with Gasteiger partial charge in [0.05, 0.1) is 25.1 Å². The van der Waals surface area contributed by atoms with E-state index in [1.54, 1.807) is 55.2 Å². The standard InChI is InChI=1S/C23H23N3O4/c1-29-19-10-6-15(13-20(19)30-2)7-11-22(27)24-16-8-9-18-17(14-16)23(28)26-12-4-3-5-21(26)25-18/h6-11,13-14H,3-5,12H2,1-2H3,(H,24,27)/b11-7+. The van der Waals surface area contributed by atoms with E-state index in [0.717, 1.165) is 30.7 Å². The molecule has 1 aromatic heterocycles. The van der Waals surface area contributed by atoms with E-state index in [2.05, 4.69) is 10.3 Å². The van der Waals surface area contributed by atoms with Crippen LogP contribution in [0.1, 0.15) is 24.2 Å². The number of carbonyl (C=O) groups is 1. The van der Waals surface area contributed by atoms with Crippen LogP contribution in [0.2, 0.25) is 0 Å². The normalized spacial score (nSPS) is 13.3. The van der Waals surface area contributed by atoms with Crippen molar-refractivity contribution in [2.24, 2.45) is 0 Å². The Balaban J connectivity index is 1.54. The quantitative estimate of drug-likeness (QED) is 0.658. The van der Waals surface area contributed by atoms with Crippen molar-refractivity contribution in [2.75, 3.05) is 19.5 Å². The second-order valence-corrected chi connectivity index (χ2v) is 7.11. The van der Waals surface area contributed by atoms with Crippen LogP contribution in [0.15, 0.2) is 47.3 Å². The van der Waals surface area contributed by atoms with Crippen molar-refractivity contribution in [3.63, 3.8) is 0 Å². The molecule has 0 aliphatic carbocycles. The lowest BCUT2D eigenvalue weighted by atomic mass is 10.1. The Hall–Kier alpha value is -3.61. The average molecular weight is 405 g/mol. The lowest BCUT2D eigenvalue weighted by molar-refractivity contribution is -0.111. The van der Waals surface area contributed by atoms with Gasteiger partial charge in [0.1, 0.15) is 5.82 Å². The zero-order valence-electron chi connectivity index (χ0n) is 17.0. The van der Waals surface area contributed by atoms with Gasteiger partial charge in [-0.25, -0.2) is 4.98 Å². The van der Waals surface area contributed by atoms with Crippen molar-refractivity contribution in [1.29, 1.82) is 0 Å². The third-order valence-electron chi connectivity index (χ3n) is 5.17. The molecule has 30 heavy (non-hydrogen) atoms. The van der Waals surface area contributed by atoms with Crippen molar-refractivity contribution < 1.29 is 14.3 Å². The molecule has 7 heteroatoms. The van der Waals surface area contributed by atoms with Crippen LogP contribution < -0.4 is 20.3 Å². The van der Waals surface area contributed by atoms with Gasteiger partial charge in [-0.15, -0.1) is 0 Å². The van der Waals surface area contributed by atoms with Crippen LogP contribution >= 0.6 is 0 Å². The van der Waals surface area contributed by atoms with Crippen LogP contribution in [-0.2, 0) is 17.8 Å². The molecule has 1 amide bonds. The smallest absolute Gasteiger partial charge is 0.261 e. The molecule has 0 saturated heterocycles. The number of aromatic nitrogens is 2. The second kappa shape index (κ2) is 8.41. The van der Waals surface area contributed by atoms with Crippen LogP contribution in [0.4, 0.5) is 5.69 Å². The molecule has 4 rings (SSSR count). The maximum Gasteiger partial charge on any atom is 0.261 e. The molecule has 0 saturated carbocycles. The molecular weight excluding hydrogens is 382 g/mol. The van der Waals surface area contributed by atoms with Gasteiger partial charge in [0.2, 0.25) is 5.91 Å². The van der Waals surface area contributed by atoms with Crippen molar-refractivity contribution in [3.05, 3.63) is 64.2 Å². The third-order valence-corrected chi connectivity index (χ3v) is 5.17. The molecule has 0 unspecified atom stereocenters. The monoisotopic (exact) mass is 405 g/mol. The lowest BCUT2D eigenvalue weighted by Crippen LogP contribution is -2.28. The zero-order chi connectivity index (χ0) is 21.1. The Kier molecular flexibility index (Phi) is 5.52. The summed E-state index contributed by atoms with van der Waals surface area (Å²) in [6, 6.07) is 10.6. The van der Waals surface area contributed by atoms with Gasteiger partial charge in [-0.05, 0) is 54.8 Å². The largest absolute Gasteiger partial charge is 0.493 e. The van der Waals surface area contributed by atoms with E-state index in [0.29, 0.717) is 34.6 Å². The molecule has 7 nitrogen and oxygen atoms in total. The Labute approximate surface area is 174 Å². The van der Waals surface area contributed by atoms with Crippen molar-refractivity contribution in [3.8, 4) is 11.5 Å². The van der Waals surface area contributed by atoms with Crippen molar-refractivity contribution in [1.82, 2.24) is 9.55 Å². The van der Waals surface area contributed by atoms with Crippen LogP contribution in [0, 0.1) is 0 Å². The summed E-state index contributed by atoms with van der Waals surface area (Å²) < 4.78 is 12.2. The second-order valence-electron chi connectivity index (χ2n) is 7.11. The highest BCUT2D eigenvalue weighted by Gasteiger charge is 2.15. The summed E-state index contributed by atoms with van der Waals surface area (Å²) >= 11 is 0. The number of hydrogen-bond donors (Lipinski definition) is 1. The molecular formula is C23H23N3O4. The summed E-state index contributed by atoms with van der Waals surface area (Å²) in [6.07, 6.45) is 5.98. The Morgan fingerprint density at radius 1 is 1.10 bits per heavy atom. The van der Waals surface area contributed by atoms with Gasteiger partial charge in [0.15, 0.2) is 11.5 Å². The summed E-state index contributed by atoms with van der Waals surface area (Å²) in [7, 11) is 3.13. The van der Waals surface area contributed by atoms with Crippen molar-refractivity contribution >= 4 is 28.6 Å². The maximum atomic E-state index is 12.8. The first-order chi connectivity index (χ1) is 14.6. The van der Waals surface area contributed by atoms with E-state index < -0.39 is 0 Å². The van der Waals surface area contributed by atoms with E-state index >= 15 is 0 Å². The number of anilines is 1. The number of fused-ring (bicyclic) bond motifs is 2. The maximum absolute atomic E-state index is 12.8. The third kappa shape index (κ3) is 3.91. The fourth-order valence-corrected chi connectivity index (χ4v) is 3.63. The molecule has 0 radical (unpaired) electrons. The topological polar surface area (TPSA) is 82.5 Å². The minimum atomic E-state index is -0.296. The van der Waals surface area contributed by atoms with Gasteiger partial charge in [-0.2, -0.15) is 0 Å². The zero-order valence-corrected chi connectivity index (χ0v) is 17.0. The number of amides is 1. The Morgan fingerprint density at radius 3 is 2.73 bits per heavy atom. The minimum absolute atomic E-state index is 0.0494. The number of rotatable bonds is 5. The number of hydrogen-bond acceptors (Lipinski definition) is 5. The first-order valence-corrected chi connectivity index (χ1v) is 9.83. The highest BCUT2D eigenvalue weighted by molar-refractivity contribution is 6.02. The molecule has 2 aromatic carbocycles. The molecule has 1 aliphatic rings. The lowest BCUT2D eigenvalue weighted by Gasteiger charge is -2.17. The van der Waals surface area contributed by atoms with Crippen LogP contribution in [0.25, 0.3) is 17.0 Å². The molecule has 3 aromatic rings. The fraction of sp³-hybridized carbons (Fsp3) is 0.261. The van der Waals surface area contributed by atoms with Crippen LogP contribution in [0.3, 0.4) is 0 Å². The molecule has 0 fully saturated rings. The van der Waals surface area contributed by atoms with Crippen LogP contribution in [-0.4, -0.2) is 29.7 Å². The van der Waals surface area contributed by atoms with E-state index in [9.17, 15) is 9.59 Å². The molecule has 154 valence electrons. The highest BCUT2D eigenvalue weighted by atomic mass is 16.5. The average Bonchev–Trinajstić information content (AvgIpc) is 2.78. The summed E-state index contributed by atoms with van der Waals surface area (Å²) in [4.78, 5) is 29.8. The highest BCUT2D eigenvalue weighted by Crippen LogP contribution is 2.28. The molecule has 1 N–H and O–H groups in total. The number of ether oxygens (including phenoxy) is 2. The number of nitrogens with one attached hydrogen (secondary N) is 1. The number of nitrogens with zero attached hydrogens (tertiary/aromatic N) is 2. The molecule has 1 aliphatic heterocycles. The van der Waals surface area contributed by atoms with Gasteiger partial charge >= 0.3 is 0 Å². The summed E-state index contributed by atoms with van der Waals surface area (Å²) in [6.45, 7) is 0.696. The fourth-order valence-electron chi connectivity index (χ4n) is 3.63. The minimum Gasteiger partial charge on any atom is -0.493 e. The summed E-state index contributed by atoms with van der Waals surface area (Å²) in [5.74, 6) is 1.76. The van der Waals surface area contributed by atoms with E-state index in [1.165, 1.54) is 6.08 Å². The summed E-state index contributed by atoms with van der Waals surface area (Å²) in [5, 5.41) is 3.32. The number of benzene rings is 2. The van der Waals surface area contributed by atoms with Gasteiger partial charge in [-0.3, -0.25) is 14.2 Å². The van der Waals surface area contributed by atoms with Crippen LogP contribution in [0.5, 0.6) is 11.5 Å². The van der Waals surface area contributed by atoms with Crippen molar-refractivity contribution in [2.45, 2.75) is 25.8 Å². The van der Waals surface area contributed by atoms with Gasteiger partial charge < -0.3 is 14.8 Å². The van der Waals surface area contributed by atoms with Gasteiger partial charge in [0, 0.05) is 24.7 Å². The Bertz CT molecular complexity index is 1200. The van der Waals surface area contributed by atoms with Gasteiger partial charge in [-0.1, -0.05) is 6.07 Å². The van der Waals surface area contributed by atoms with Gasteiger partial charge in [0.25, 0.3) is 5.56 Å². The number of methoxy groups -OCH3 is 2. The predicted octanol–water partition coefficient (Wildman–Crippen LogP) is 3.40. The van der Waals surface area contributed by atoms with E-state index in [4.69, 9.17) is 9.47 Å². The number of carbonyl (C=O) groups excluding carboxylic acids is 1. The molecule has 0 atom stereocenters. The summed E-state index contributed by atoms with van der Waals surface area (Å²) in [5.41, 5.74) is 1.97. The predicted molar refractivity (Wildman–Crippen MR) is 116 cm³/mol. The molecule has 0 bridgehead atoms. The molecule has 2 heterocycles. The number of aryl methyl sites for hydroxylation is 1.